The summed E-state index contributed by atoms with van der Waals surface area (Å²) in [6.45, 7) is 6.20. The minimum atomic E-state index is 0.301. The van der Waals surface area contributed by atoms with Crippen LogP contribution in [0.15, 0.2) is 34.6 Å². The van der Waals surface area contributed by atoms with Crippen molar-refractivity contribution >= 4 is 46.1 Å². The van der Waals surface area contributed by atoms with Gasteiger partial charge in [0.05, 0.1) is 9.23 Å². The fourth-order valence-electron chi connectivity index (χ4n) is 2.06. The molecule has 0 amide bonds. The summed E-state index contributed by atoms with van der Waals surface area (Å²) in [7, 11) is 0. The molecule has 1 aromatic heterocycles. The van der Waals surface area contributed by atoms with E-state index in [-0.39, 0.29) is 0 Å². The summed E-state index contributed by atoms with van der Waals surface area (Å²) in [5.41, 5.74) is 2.99. The molecule has 23 heavy (non-hydrogen) atoms. The van der Waals surface area contributed by atoms with Gasteiger partial charge in [0.2, 0.25) is 0 Å². The largest absolute Gasteiger partial charge is 0.508 e. The number of anilines is 1. The number of aryl methyl sites for hydroxylation is 1. The maximum atomic E-state index is 9.75. The van der Waals surface area contributed by atoms with Gasteiger partial charge in [-0.15, -0.1) is 11.3 Å². The zero-order chi connectivity index (χ0) is 16.8. The maximum Gasteiger partial charge on any atom is 0.120 e. The average Bonchev–Trinajstić information content (AvgIpc) is 2.90. The van der Waals surface area contributed by atoms with Crippen molar-refractivity contribution in [3.8, 4) is 5.75 Å². The molecule has 0 fully saturated rings. The van der Waals surface area contributed by atoms with E-state index in [9.17, 15) is 5.11 Å². The van der Waals surface area contributed by atoms with Gasteiger partial charge in [-0.05, 0) is 55.5 Å². The number of halogens is 1. The Bertz CT molecular complexity index is 694. The molecule has 1 aromatic carbocycles. The molecular weight excluding hydrogens is 346 g/mol. The number of benzene rings is 1. The Morgan fingerprint density at radius 2 is 2.17 bits per heavy atom. The monoisotopic (exact) mass is 367 g/mol. The molecule has 2 nitrogen and oxygen atoms in total. The summed E-state index contributed by atoms with van der Waals surface area (Å²) in [5.74, 6) is 0.301. The average molecular weight is 368 g/mol. The van der Waals surface area contributed by atoms with Crippen LogP contribution in [0.5, 0.6) is 5.75 Å². The van der Waals surface area contributed by atoms with Crippen molar-refractivity contribution in [2.75, 3.05) is 4.72 Å². The lowest BCUT2D eigenvalue weighted by molar-refractivity contribution is 0.471. The van der Waals surface area contributed by atoms with E-state index in [4.69, 9.17) is 11.6 Å². The Balaban J connectivity index is 2.03. The second-order valence-corrected chi connectivity index (χ2v) is 8.04. The molecule has 0 radical (unpaired) electrons. The fraction of sp³-hybridized carbons (Fsp3) is 0.333. The van der Waals surface area contributed by atoms with Crippen molar-refractivity contribution < 1.29 is 5.11 Å². The molecule has 0 bridgehead atoms. The molecular formula is C18H22ClNOS2. The standard InChI is InChI=1S/C18H22ClNOS2/c1-4-5-6-7-13(3)18-15(19)11-17(22-18)23-20-14-9-8-12(2)16(21)10-14/h7-11,20-21H,4-6H2,1-3H3/b13-7+. The Morgan fingerprint density at radius 3 is 2.87 bits per heavy atom. The number of phenols is 1. The van der Waals surface area contributed by atoms with E-state index in [0.29, 0.717) is 5.75 Å². The smallest absolute Gasteiger partial charge is 0.120 e. The summed E-state index contributed by atoms with van der Waals surface area (Å²) < 4.78 is 4.35. The van der Waals surface area contributed by atoms with Gasteiger partial charge in [-0.3, -0.25) is 0 Å². The highest BCUT2D eigenvalue weighted by Crippen LogP contribution is 2.38. The molecule has 0 aliphatic rings. The van der Waals surface area contributed by atoms with Crippen LogP contribution in [0.25, 0.3) is 5.57 Å². The minimum absolute atomic E-state index is 0.301. The van der Waals surface area contributed by atoms with E-state index in [1.165, 1.54) is 30.4 Å². The van der Waals surface area contributed by atoms with Crippen LogP contribution in [0, 0.1) is 6.92 Å². The van der Waals surface area contributed by atoms with Gasteiger partial charge in [-0.25, -0.2) is 0 Å². The maximum absolute atomic E-state index is 9.75. The number of unbranched alkanes of at least 4 members (excludes halogenated alkanes) is 2. The molecule has 5 heteroatoms. The van der Waals surface area contributed by atoms with E-state index >= 15 is 0 Å². The molecule has 0 spiro atoms. The summed E-state index contributed by atoms with van der Waals surface area (Å²) in [6.07, 6.45) is 5.78. The third-order valence-corrected chi connectivity index (χ3v) is 6.14. The van der Waals surface area contributed by atoms with Crippen molar-refractivity contribution in [3.05, 3.63) is 45.8 Å². The van der Waals surface area contributed by atoms with Gasteiger partial charge in [-0.1, -0.05) is 43.5 Å². The molecule has 0 atom stereocenters. The van der Waals surface area contributed by atoms with Crippen LogP contribution in [0.1, 0.15) is 43.6 Å². The van der Waals surface area contributed by atoms with Crippen molar-refractivity contribution in [2.24, 2.45) is 0 Å². The topological polar surface area (TPSA) is 32.3 Å². The quantitative estimate of drug-likeness (QED) is 0.403. The predicted molar refractivity (Wildman–Crippen MR) is 105 cm³/mol. The first-order chi connectivity index (χ1) is 11.0. The Labute approximate surface area is 151 Å². The van der Waals surface area contributed by atoms with Crippen LogP contribution in [0.2, 0.25) is 5.02 Å². The van der Waals surface area contributed by atoms with Crippen LogP contribution in [-0.2, 0) is 0 Å². The van der Waals surface area contributed by atoms with Crippen LogP contribution < -0.4 is 4.72 Å². The van der Waals surface area contributed by atoms with Crippen LogP contribution >= 0.6 is 34.9 Å². The number of allylic oxidation sites excluding steroid dienone is 2. The Morgan fingerprint density at radius 1 is 1.39 bits per heavy atom. The number of rotatable bonds is 7. The highest BCUT2D eigenvalue weighted by molar-refractivity contribution is 8.02. The number of aromatic hydroxyl groups is 1. The van der Waals surface area contributed by atoms with Crippen molar-refractivity contribution in [3.63, 3.8) is 0 Å². The highest BCUT2D eigenvalue weighted by atomic mass is 35.5. The van der Waals surface area contributed by atoms with Gasteiger partial charge in [0.15, 0.2) is 0 Å². The molecule has 0 aliphatic heterocycles. The third kappa shape index (κ3) is 5.20. The number of nitrogens with one attached hydrogen (secondary N) is 1. The molecule has 2 aromatic rings. The fourth-order valence-corrected chi connectivity index (χ4v) is 4.41. The minimum Gasteiger partial charge on any atom is -0.508 e. The van der Waals surface area contributed by atoms with E-state index < -0.39 is 0 Å². The van der Waals surface area contributed by atoms with Crippen molar-refractivity contribution in [1.29, 1.82) is 0 Å². The van der Waals surface area contributed by atoms with E-state index in [0.717, 1.165) is 31.8 Å². The lowest BCUT2D eigenvalue weighted by atomic mass is 10.1. The van der Waals surface area contributed by atoms with E-state index in [2.05, 4.69) is 24.6 Å². The highest BCUT2D eigenvalue weighted by Gasteiger charge is 2.10. The Kier molecular flexibility index (Phi) is 6.88. The summed E-state index contributed by atoms with van der Waals surface area (Å²) >= 11 is 9.57. The SMILES string of the molecule is CCCC/C=C(\C)c1sc(SNc2ccc(C)c(O)c2)cc1Cl. The lowest BCUT2D eigenvalue weighted by Gasteiger charge is -2.05. The molecule has 0 saturated carbocycles. The molecule has 0 unspecified atom stereocenters. The third-order valence-electron chi connectivity index (χ3n) is 3.51. The normalized spacial score (nSPS) is 11.7. The first-order valence-electron chi connectivity index (χ1n) is 7.70. The van der Waals surface area contributed by atoms with Gasteiger partial charge >= 0.3 is 0 Å². The molecule has 1 heterocycles. The van der Waals surface area contributed by atoms with Gasteiger partial charge in [0.25, 0.3) is 0 Å². The predicted octanol–water partition coefficient (Wildman–Crippen LogP) is 7.13. The van der Waals surface area contributed by atoms with E-state index in [1.807, 2.05) is 25.1 Å². The molecule has 2 N–H and O–H groups in total. The van der Waals surface area contributed by atoms with Crippen LogP contribution in [0.4, 0.5) is 5.69 Å². The van der Waals surface area contributed by atoms with Gasteiger partial charge in [0.1, 0.15) is 5.75 Å². The summed E-state index contributed by atoms with van der Waals surface area (Å²) in [5, 5.41) is 10.5. The molecule has 124 valence electrons. The zero-order valence-corrected chi connectivity index (χ0v) is 16.0. The zero-order valence-electron chi connectivity index (χ0n) is 13.6. The summed E-state index contributed by atoms with van der Waals surface area (Å²) in [6, 6.07) is 7.57. The first kappa shape index (κ1) is 18.2. The Hall–Kier alpha value is -1.10. The second kappa shape index (κ2) is 8.67. The van der Waals surface area contributed by atoms with Gasteiger partial charge < -0.3 is 9.83 Å². The van der Waals surface area contributed by atoms with E-state index in [1.54, 1.807) is 17.4 Å². The molecule has 2 rings (SSSR count). The second-order valence-electron chi connectivity index (χ2n) is 5.48. The molecule has 0 saturated heterocycles. The van der Waals surface area contributed by atoms with Crippen molar-refractivity contribution in [1.82, 2.24) is 0 Å². The van der Waals surface area contributed by atoms with Crippen LogP contribution in [0.3, 0.4) is 0 Å². The van der Waals surface area contributed by atoms with Crippen LogP contribution in [-0.4, -0.2) is 5.11 Å². The molecule has 0 aliphatic carbocycles. The first-order valence-corrected chi connectivity index (χ1v) is 9.71. The number of hydrogen-bond donors (Lipinski definition) is 2. The number of thiophene rings is 1. The number of phenolic OH excluding ortho intramolecular Hbond substituents is 1. The lowest BCUT2D eigenvalue weighted by Crippen LogP contribution is -1.85. The van der Waals surface area contributed by atoms with Gasteiger partial charge in [-0.2, -0.15) is 0 Å². The van der Waals surface area contributed by atoms with Gasteiger partial charge in [0, 0.05) is 16.6 Å². The van der Waals surface area contributed by atoms with Crippen molar-refractivity contribution in [2.45, 2.75) is 44.2 Å². The number of hydrogen-bond acceptors (Lipinski definition) is 4. The summed E-state index contributed by atoms with van der Waals surface area (Å²) in [4.78, 5) is 1.14.